The van der Waals surface area contributed by atoms with Gasteiger partial charge in [-0.15, -0.1) is 0 Å². The van der Waals surface area contributed by atoms with Crippen LogP contribution in [0.25, 0.3) is 59.6 Å². The van der Waals surface area contributed by atoms with Gasteiger partial charge in [0.05, 0.1) is 16.6 Å². The summed E-state index contributed by atoms with van der Waals surface area (Å²) >= 11 is 0. The van der Waals surface area contributed by atoms with Gasteiger partial charge < -0.3 is 4.40 Å². The summed E-state index contributed by atoms with van der Waals surface area (Å²) in [5.74, 6) is 0. The zero-order valence-electron chi connectivity index (χ0n) is 14.6. The van der Waals surface area contributed by atoms with Crippen LogP contribution in [-0.2, 0) is 0 Å². The van der Waals surface area contributed by atoms with E-state index in [9.17, 15) is 0 Å². The first kappa shape index (κ1) is 13.6. The lowest BCUT2D eigenvalue weighted by atomic mass is 9.99. The molecule has 3 heterocycles. The molecule has 0 radical (unpaired) electrons. The smallest absolute Gasteiger partial charge is 0.0620 e. The molecule has 124 valence electrons. The molecular weight excluding hydrogens is 326 g/mol. The quantitative estimate of drug-likeness (QED) is 0.204. The molecule has 0 N–H and O–H groups in total. The molecule has 0 saturated carbocycles. The molecule has 0 atom stereocenters. The van der Waals surface area contributed by atoms with Gasteiger partial charge >= 0.3 is 0 Å². The fourth-order valence-corrected chi connectivity index (χ4v) is 5.07. The molecule has 0 amide bonds. The Labute approximate surface area is 155 Å². The second-order valence-electron chi connectivity index (χ2n) is 7.37. The van der Waals surface area contributed by atoms with Gasteiger partial charge in [0.2, 0.25) is 0 Å². The minimum atomic E-state index is 1.32. The summed E-state index contributed by atoms with van der Waals surface area (Å²) in [5.41, 5.74) is 3.98. The van der Waals surface area contributed by atoms with Crippen molar-refractivity contribution in [1.82, 2.24) is 4.40 Å². The van der Waals surface area contributed by atoms with Crippen LogP contribution in [-0.4, -0.2) is 4.40 Å². The molecule has 7 aromatic rings. The van der Waals surface area contributed by atoms with Gasteiger partial charge in [0.25, 0.3) is 0 Å². The van der Waals surface area contributed by atoms with E-state index in [1.807, 2.05) is 0 Å². The maximum atomic E-state index is 2.51. The Kier molecular flexibility index (Phi) is 2.30. The van der Waals surface area contributed by atoms with Crippen molar-refractivity contribution in [1.29, 1.82) is 0 Å². The number of hydrogen-bond acceptors (Lipinski definition) is 0. The van der Waals surface area contributed by atoms with Crippen molar-refractivity contribution < 1.29 is 0 Å². The molecule has 1 nitrogen and oxygen atoms in total. The summed E-state index contributed by atoms with van der Waals surface area (Å²) in [6, 6.07) is 33.2. The Morgan fingerprint density at radius 2 is 0.556 bits per heavy atom. The molecular formula is C26H15N. The van der Waals surface area contributed by atoms with E-state index >= 15 is 0 Å². The van der Waals surface area contributed by atoms with E-state index in [2.05, 4.69) is 95.4 Å². The van der Waals surface area contributed by atoms with Crippen LogP contribution in [0.4, 0.5) is 0 Å². The van der Waals surface area contributed by atoms with E-state index in [0.717, 1.165) is 0 Å². The fraction of sp³-hybridized carbons (Fsp3) is 0. The first-order chi connectivity index (χ1) is 13.4. The number of benzene rings is 4. The van der Waals surface area contributed by atoms with Crippen molar-refractivity contribution in [2.45, 2.75) is 0 Å². The number of rotatable bonds is 0. The van der Waals surface area contributed by atoms with Gasteiger partial charge in [-0.25, -0.2) is 0 Å². The lowest BCUT2D eigenvalue weighted by molar-refractivity contribution is 1.37. The van der Waals surface area contributed by atoms with Crippen LogP contribution in [0.3, 0.4) is 0 Å². The highest BCUT2D eigenvalue weighted by molar-refractivity contribution is 6.32. The molecule has 7 rings (SSSR count). The number of hydrogen-bond donors (Lipinski definition) is 0. The monoisotopic (exact) mass is 341 g/mol. The van der Waals surface area contributed by atoms with Gasteiger partial charge in [0.1, 0.15) is 0 Å². The molecule has 3 aromatic heterocycles. The summed E-state index contributed by atoms with van der Waals surface area (Å²) in [5, 5.41) is 10.6. The van der Waals surface area contributed by atoms with Crippen molar-refractivity contribution in [3.8, 4) is 0 Å². The van der Waals surface area contributed by atoms with Gasteiger partial charge in [-0.2, -0.15) is 0 Å². The Morgan fingerprint density at radius 1 is 0.296 bits per heavy atom. The highest BCUT2D eigenvalue weighted by atomic mass is 14.9. The van der Waals surface area contributed by atoms with Gasteiger partial charge in [0.15, 0.2) is 0 Å². The van der Waals surface area contributed by atoms with Crippen LogP contribution in [0.15, 0.2) is 91.0 Å². The van der Waals surface area contributed by atoms with Crippen molar-refractivity contribution in [2.24, 2.45) is 0 Å². The van der Waals surface area contributed by atoms with E-state index in [1.165, 1.54) is 59.6 Å². The lowest BCUT2D eigenvalue weighted by Gasteiger charge is -2.15. The number of aromatic nitrogens is 1. The van der Waals surface area contributed by atoms with Crippen LogP contribution in [0.2, 0.25) is 0 Å². The van der Waals surface area contributed by atoms with Crippen molar-refractivity contribution in [3.63, 3.8) is 0 Å². The minimum absolute atomic E-state index is 1.32. The number of nitrogens with zero attached hydrogens (tertiary/aromatic N) is 1. The number of fused-ring (bicyclic) bond motifs is 9. The largest absolute Gasteiger partial charge is 0.307 e. The normalized spacial score (nSPS) is 12.4. The zero-order valence-corrected chi connectivity index (χ0v) is 14.6. The maximum Gasteiger partial charge on any atom is 0.0620 e. The van der Waals surface area contributed by atoms with Crippen LogP contribution < -0.4 is 0 Å². The predicted octanol–water partition coefficient (Wildman–Crippen LogP) is 7.14. The standard InChI is InChI=1S/C26H15N/c1-3-10-18-16(8-1)20-14-7-15-21-17-9-2-4-11-19(17)26-23-13-6-5-12-22(23)25(18)27(26)24(20)21/h1-15H. The summed E-state index contributed by atoms with van der Waals surface area (Å²) in [7, 11) is 0. The van der Waals surface area contributed by atoms with Crippen molar-refractivity contribution >= 4 is 59.6 Å². The van der Waals surface area contributed by atoms with E-state index in [4.69, 9.17) is 0 Å². The molecule has 27 heavy (non-hydrogen) atoms. The van der Waals surface area contributed by atoms with Crippen LogP contribution in [0.5, 0.6) is 0 Å². The van der Waals surface area contributed by atoms with Crippen molar-refractivity contribution in [2.75, 3.05) is 0 Å². The summed E-state index contributed by atoms with van der Waals surface area (Å²) < 4.78 is 2.51. The van der Waals surface area contributed by atoms with Gasteiger partial charge in [-0.1, -0.05) is 91.0 Å². The average Bonchev–Trinajstić information content (AvgIpc) is 3.10. The molecule has 0 unspecified atom stereocenters. The molecule has 4 aromatic carbocycles. The maximum absolute atomic E-state index is 2.51. The van der Waals surface area contributed by atoms with E-state index in [0.29, 0.717) is 0 Å². The third kappa shape index (κ3) is 1.48. The Morgan fingerprint density at radius 3 is 0.926 bits per heavy atom. The Balaban J connectivity index is 2.06. The molecule has 0 spiro atoms. The second-order valence-corrected chi connectivity index (χ2v) is 7.37. The number of pyridine rings is 2. The molecule has 0 fully saturated rings. The predicted molar refractivity (Wildman–Crippen MR) is 116 cm³/mol. The average molecular weight is 341 g/mol. The SMILES string of the molecule is c1ccc2c(c1)c1cccc3c4ccccc4c4c5ccccc5c2n4c13. The van der Waals surface area contributed by atoms with Gasteiger partial charge in [-0.05, 0) is 10.8 Å². The topological polar surface area (TPSA) is 4.41 Å². The van der Waals surface area contributed by atoms with Crippen LogP contribution in [0, 0.1) is 0 Å². The van der Waals surface area contributed by atoms with E-state index < -0.39 is 0 Å². The van der Waals surface area contributed by atoms with Gasteiger partial charge in [0, 0.05) is 32.3 Å². The first-order valence-corrected chi connectivity index (χ1v) is 9.40. The minimum Gasteiger partial charge on any atom is -0.307 e. The molecule has 1 heteroatoms. The summed E-state index contributed by atoms with van der Waals surface area (Å²) in [6.45, 7) is 0. The van der Waals surface area contributed by atoms with Gasteiger partial charge in [-0.3, -0.25) is 0 Å². The molecule has 0 aliphatic rings. The van der Waals surface area contributed by atoms with E-state index in [-0.39, 0.29) is 0 Å². The second kappa shape index (κ2) is 4.57. The summed E-state index contributed by atoms with van der Waals surface area (Å²) in [6.07, 6.45) is 0. The van der Waals surface area contributed by atoms with Crippen LogP contribution in [0.1, 0.15) is 0 Å². The molecule has 0 aliphatic heterocycles. The third-order valence-electron chi connectivity index (χ3n) is 6.09. The molecule has 0 saturated heterocycles. The molecule has 0 bridgehead atoms. The lowest BCUT2D eigenvalue weighted by Crippen LogP contribution is -1.95. The third-order valence-corrected chi connectivity index (χ3v) is 6.09. The Hall–Kier alpha value is -3.58. The summed E-state index contributed by atoms with van der Waals surface area (Å²) in [4.78, 5) is 0. The first-order valence-electron chi connectivity index (χ1n) is 9.40. The van der Waals surface area contributed by atoms with E-state index in [1.54, 1.807) is 0 Å². The zero-order chi connectivity index (χ0) is 17.5. The van der Waals surface area contributed by atoms with Crippen LogP contribution >= 0.6 is 0 Å². The Bertz CT molecular complexity index is 1550. The molecule has 0 aliphatic carbocycles. The highest BCUT2D eigenvalue weighted by Crippen LogP contribution is 2.43. The number of para-hydroxylation sites is 1. The highest BCUT2D eigenvalue weighted by Gasteiger charge is 2.20. The van der Waals surface area contributed by atoms with Crippen molar-refractivity contribution in [3.05, 3.63) is 91.0 Å². The fourth-order valence-electron chi connectivity index (χ4n) is 5.07.